The van der Waals surface area contributed by atoms with Crippen LogP contribution in [0.1, 0.15) is 26.7 Å². The van der Waals surface area contributed by atoms with Crippen LogP contribution in [0.25, 0.3) is 0 Å². The lowest BCUT2D eigenvalue weighted by Crippen LogP contribution is -2.34. The Morgan fingerprint density at radius 2 is 1.93 bits per heavy atom. The monoisotopic (exact) mass is 203 g/mol. The maximum absolute atomic E-state index is 11.3. The maximum atomic E-state index is 11.3. The smallest absolute Gasteiger partial charge is 0.409 e. The molecular formula is C9H17NO4. The quantitative estimate of drug-likeness (QED) is 0.707. The number of carboxylic acid groups (broad SMARTS) is 1. The van der Waals surface area contributed by atoms with E-state index in [4.69, 9.17) is 9.84 Å². The SMILES string of the molecule is CCCN(CCC(=O)O)C(=O)OCC. The average molecular weight is 203 g/mol. The first-order valence-electron chi connectivity index (χ1n) is 4.75. The van der Waals surface area contributed by atoms with Crippen LogP contribution in [0.4, 0.5) is 4.79 Å². The van der Waals surface area contributed by atoms with Gasteiger partial charge in [0.2, 0.25) is 0 Å². The Morgan fingerprint density at radius 1 is 1.29 bits per heavy atom. The van der Waals surface area contributed by atoms with Gasteiger partial charge in [-0.25, -0.2) is 4.79 Å². The minimum atomic E-state index is -0.907. The molecule has 0 aromatic carbocycles. The fraction of sp³-hybridized carbons (Fsp3) is 0.778. The fourth-order valence-corrected chi connectivity index (χ4v) is 1.01. The summed E-state index contributed by atoms with van der Waals surface area (Å²) in [6, 6.07) is 0. The second-order valence-corrected chi connectivity index (χ2v) is 2.83. The summed E-state index contributed by atoms with van der Waals surface area (Å²) in [4.78, 5) is 23.0. The fourth-order valence-electron chi connectivity index (χ4n) is 1.01. The molecule has 0 atom stereocenters. The Hall–Kier alpha value is -1.26. The molecule has 14 heavy (non-hydrogen) atoms. The van der Waals surface area contributed by atoms with Crippen LogP contribution in [0.15, 0.2) is 0 Å². The average Bonchev–Trinajstić information content (AvgIpc) is 2.12. The van der Waals surface area contributed by atoms with Crippen molar-refractivity contribution in [3.8, 4) is 0 Å². The van der Waals surface area contributed by atoms with Crippen molar-refractivity contribution in [2.24, 2.45) is 0 Å². The van der Waals surface area contributed by atoms with Crippen LogP contribution in [0, 0.1) is 0 Å². The molecule has 0 radical (unpaired) electrons. The molecule has 0 unspecified atom stereocenters. The van der Waals surface area contributed by atoms with E-state index in [2.05, 4.69) is 0 Å². The summed E-state index contributed by atoms with van der Waals surface area (Å²) in [6.07, 6.45) is 0.313. The third-order valence-corrected chi connectivity index (χ3v) is 1.62. The number of carbonyl (C=O) groups is 2. The largest absolute Gasteiger partial charge is 0.481 e. The predicted octanol–water partition coefficient (Wildman–Crippen LogP) is 1.33. The first kappa shape index (κ1) is 12.7. The summed E-state index contributed by atoms with van der Waals surface area (Å²) in [6.45, 7) is 4.70. The molecule has 0 aromatic rings. The highest BCUT2D eigenvalue weighted by atomic mass is 16.6. The van der Waals surface area contributed by atoms with Crippen LogP contribution in [0.2, 0.25) is 0 Å². The van der Waals surface area contributed by atoms with Crippen LogP contribution in [-0.2, 0) is 9.53 Å². The zero-order valence-corrected chi connectivity index (χ0v) is 8.65. The molecule has 0 aliphatic rings. The minimum Gasteiger partial charge on any atom is -0.481 e. The van der Waals surface area contributed by atoms with Gasteiger partial charge in [0.15, 0.2) is 0 Å². The van der Waals surface area contributed by atoms with Gasteiger partial charge in [-0.15, -0.1) is 0 Å². The number of nitrogens with zero attached hydrogens (tertiary/aromatic N) is 1. The van der Waals surface area contributed by atoms with Crippen LogP contribution >= 0.6 is 0 Å². The highest BCUT2D eigenvalue weighted by Gasteiger charge is 2.14. The standard InChI is InChI=1S/C9H17NO4/c1-3-6-10(7-5-8(11)12)9(13)14-4-2/h3-7H2,1-2H3,(H,11,12). The molecule has 0 saturated carbocycles. The molecule has 0 saturated heterocycles. The lowest BCUT2D eigenvalue weighted by atomic mass is 10.3. The lowest BCUT2D eigenvalue weighted by Gasteiger charge is -2.19. The van der Waals surface area contributed by atoms with Crippen molar-refractivity contribution < 1.29 is 19.4 Å². The zero-order valence-electron chi connectivity index (χ0n) is 8.65. The molecule has 0 bridgehead atoms. The third kappa shape index (κ3) is 5.40. The number of hydrogen-bond acceptors (Lipinski definition) is 3. The first-order chi connectivity index (χ1) is 6.61. The Balaban J connectivity index is 3.99. The van der Waals surface area contributed by atoms with Gasteiger partial charge in [-0.1, -0.05) is 6.92 Å². The van der Waals surface area contributed by atoms with Crippen molar-refractivity contribution in [3.05, 3.63) is 0 Å². The van der Waals surface area contributed by atoms with Crippen molar-refractivity contribution in [1.29, 1.82) is 0 Å². The van der Waals surface area contributed by atoms with Crippen molar-refractivity contribution in [3.63, 3.8) is 0 Å². The summed E-state index contributed by atoms with van der Waals surface area (Å²) in [5.74, 6) is -0.907. The lowest BCUT2D eigenvalue weighted by molar-refractivity contribution is -0.137. The van der Waals surface area contributed by atoms with E-state index in [0.29, 0.717) is 13.2 Å². The second-order valence-electron chi connectivity index (χ2n) is 2.83. The summed E-state index contributed by atoms with van der Waals surface area (Å²) >= 11 is 0. The number of amides is 1. The Bertz CT molecular complexity index is 193. The minimum absolute atomic E-state index is 0.0428. The van der Waals surface area contributed by atoms with Crippen LogP contribution in [-0.4, -0.2) is 41.8 Å². The molecule has 1 N–H and O–H groups in total. The van der Waals surface area contributed by atoms with E-state index in [1.165, 1.54) is 4.90 Å². The van der Waals surface area contributed by atoms with E-state index in [9.17, 15) is 9.59 Å². The highest BCUT2D eigenvalue weighted by molar-refractivity contribution is 5.70. The summed E-state index contributed by atoms with van der Waals surface area (Å²) < 4.78 is 4.78. The molecule has 5 nitrogen and oxygen atoms in total. The summed E-state index contributed by atoms with van der Waals surface area (Å²) in [7, 11) is 0. The van der Waals surface area contributed by atoms with Crippen LogP contribution in [0.5, 0.6) is 0 Å². The predicted molar refractivity (Wildman–Crippen MR) is 51.1 cm³/mol. The van der Waals surface area contributed by atoms with Gasteiger partial charge in [-0.2, -0.15) is 0 Å². The molecule has 1 amide bonds. The van der Waals surface area contributed by atoms with Gasteiger partial charge < -0.3 is 14.7 Å². The van der Waals surface area contributed by atoms with Gasteiger partial charge in [0.25, 0.3) is 0 Å². The van der Waals surface area contributed by atoms with Gasteiger partial charge in [-0.05, 0) is 13.3 Å². The van der Waals surface area contributed by atoms with Gasteiger partial charge in [0, 0.05) is 13.1 Å². The van der Waals surface area contributed by atoms with Gasteiger partial charge in [0.1, 0.15) is 0 Å². The number of aliphatic carboxylic acids is 1. The molecular weight excluding hydrogens is 186 g/mol. The van der Waals surface area contributed by atoms with E-state index in [0.717, 1.165) is 6.42 Å². The maximum Gasteiger partial charge on any atom is 0.409 e. The second kappa shape index (κ2) is 7.17. The van der Waals surface area contributed by atoms with E-state index >= 15 is 0 Å². The van der Waals surface area contributed by atoms with Crippen molar-refractivity contribution in [1.82, 2.24) is 4.90 Å². The van der Waals surface area contributed by atoms with Gasteiger partial charge in [0.05, 0.1) is 13.0 Å². The molecule has 0 spiro atoms. The summed E-state index contributed by atoms with van der Waals surface area (Å²) in [5.41, 5.74) is 0. The zero-order chi connectivity index (χ0) is 11.0. The molecule has 0 aliphatic heterocycles. The molecule has 0 aromatic heterocycles. The number of ether oxygens (including phenoxy) is 1. The van der Waals surface area contributed by atoms with Crippen LogP contribution < -0.4 is 0 Å². The molecule has 0 heterocycles. The molecule has 0 rings (SSSR count). The number of carbonyl (C=O) groups excluding carboxylic acids is 1. The molecule has 5 heteroatoms. The van der Waals surface area contributed by atoms with Gasteiger partial charge in [-0.3, -0.25) is 4.79 Å². The summed E-state index contributed by atoms with van der Waals surface area (Å²) in [5, 5.41) is 8.46. The van der Waals surface area contributed by atoms with E-state index < -0.39 is 12.1 Å². The molecule has 82 valence electrons. The number of carboxylic acids is 1. The Labute approximate surface area is 83.6 Å². The molecule has 0 fully saturated rings. The van der Waals surface area contributed by atoms with Crippen molar-refractivity contribution >= 4 is 12.1 Å². The number of hydrogen-bond donors (Lipinski definition) is 1. The normalized spacial score (nSPS) is 9.57. The Morgan fingerprint density at radius 3 is 2.36 bits per heavy atom. The van der Waals surface area contributed by atoms with Crippen LogP contribution in [0.3, 0.4) is 0 Å². The topological polar surface area (TPSA) is 66.8 Å². The van der Waals surface area contributed by atoms with E-state index in [1.807, 2.05) is 6.92 Å². The van der Waals surface area contributed by atoms with Crippen molar-refractivity contribution in [2.45, 2.75) is 26.7 Å². The Kier molecular flexibility index (Phi) is 6.53. The molecule has 0 aliphatic carbocycles. The number of rotatable bonds is 6. The highest BCUT2D eigenvalue weighted by Crippen LogP contribution is 1.98. The van der Waals surface area contributed by atoms with E-state index in [1.54, 1.807) is 6.92 Å². The van der Waals surface area contributed by atoms with Crippen molar-refractivity contribution in [2.75, 3.05) is 19.7 Å². The van der Waals surface area contributed by atoms with Gasteiger partial charge >= 0.3 is 12.1 Å². The first-order valence-corrected chi connectivity index (χ1v) is 4.75. The van der Waals surface area contributed by atoms with E-state index in [-0.39, 0.29) is 13.0 Å². The third-order valence-electron chi connectivity index (χ3n) is 1.62.